The summed E-state index contributed by atoms with van der Waals surface area (Å²) < 4.78 is 0.904. The zero-order valence-corrected chi connectivity index (χ0v) is 12.6. The zero-order valence-electron chi connectivity index (χ0n) is 10.2. The van der Waals surface area contributed by atoms with E-state index in [1.54, 1.807) is 12.1 Å². The average Bonchev–Trinajstić information content (AvgIpc) is 2.84. The maximum atomic E-state index is 10.8. The second-order valence-corrected chi connectivity index (χ2v) is 6.66. The molecule has 1 aromatic rings. The van der Waals surface area contributed by atoms with E-state index in [1.165, 1.54) is 37.0 Å². The van der Waals surface area contributed by atoms with Crippen LogP contribution in [0.25, 0.3) is 0 Å². The van der Waals surface area contributed by atoms with E-state index in [0.29, 0.717) is 5.56 Å². The number of carbonyl (C=O) groups is 1. The van der Waals surface area contributed by atoms with E-state index in [4.69, 9.17) is 5.11 Å². The molecule has 0 radical (unpaired) electrons. The molecule has 0 unspecified atom stereocenters. The molecule has 4 heteroatoms. The second-order valence-electron chi connectivity index (χ2n) is 4.78. The van der Waals surface area contributed by atoms with Crippen molar-refractivity contribution in [2.24, 2.45) is 5.92 Å². The van der Waals surface area contributed by atoms with E-state index in [-0.39, 0.29) is 0 Å². The second kappa shape index (κ2) is 6.62. The smallest absolute Gasteiger partial charge is 0.335 e. The molecule has 1 N–H and O–H groups in total. The Morgan fingerprint density at radius 2 is 2.11 bits per heavy atom. The molecule has 0 spiro atoms. The van der Waals surface area contributed by atoms with Crippen LogP contribution in [-0.2, 0) is 5.75 Å². The molecule has 1 saturated carbocycles. The molecular weight excluding hydrogens is 312 g/mol. The summed E-state index contributed by atoms with van der Waals surface area (Å²) in [5.74, 6) is 2.21. The van der Waals surface area contributed by atoms with Gasteiger partial charge in [-0.3, -0.25) is 0 Å². The lowest BCUT2D eigenvalue weighted by molar-refractivity contribution is 0.0697. The monoisotopic (exact) mass is 328 g/mol. The van der Waals surface area contributed by atoms with Crippen LogP contribution in [0.4, 0.5) is 0 Å². The molecule has 1 fully saturated rings. The first kappa shape index (κ1) is 13.9. The highest BCUT2D eigenvalue weighted by Crippen LogP contribution is 2.30. The molecule has 2 rings (SSSR count). The number of thioether (sulfide) groups is 1. The number of halogens is 1. The summed E-state index contributed by atoms with van der Waals surface area (Å²) in [5.41, 5.74) is 1.52. The van der Waals surface area contributed by atoms with E-state index < -0.39 is 5.97 Å². The third-order valence-corrected chi connectivity index (χ3v) is 5.35. The fourth-order valence-electron chi connectivity index (χ4n) is 2.31. The average molecular weight is 329 g/mol. The van der Waals surface area contributed by atoms with Gasteiger partial charge in [-0.05, 0) is 42.2 Å². The number of carboxylic acids is 1. The first-order chi connectivity index (χ1) is 8.66. The maximum absolute atomic E-state index is 10.8. The van der Waals surface area contributed by atoms with Gasteiger partial charge in [-0.15, -0.1) is 0 Å². The number of hydrogen-bond donors (Lipinski definition) is 1. The van der Waals surface area contributed by atoms with Gasteiger partial charge in [0.1, 0.15) is 0 Å². The molecule has 0 saturated heterocycles. The predicted molar refractivity (Wildman–Crippen MR) is 79.2 cm³/mol. The van der Waals surface area contributed by atoms with Crippen LogP contribution in [0.2, 0.25) is 0 Å². The molecule has 98 valence electrons. The Hall–Kier alpha value is -0.480. The van der Waals surface area contributed by atoms with Gasteiger partial charge < -0.3 is 5.11 Å². The molecule has 0 amide bonds. The van der Waals surface area contributed by atoms with Crippen molar-refractivity contribution in [1.82, 2.24) is 0 Å². The minimum Gasteiger partial charge on any atom is -0.478 e. The van der Waals surface area contributed by atoms with Crippen molar-refractivity contribution in [3.05, 3.63) is 33.8 Å². The van der Waals surface area contributed by atoms with Gasteiger partial charge in [0.15, 0.2) is 0 Å². The lowest BCUT2D eigenvalue weighted by atomic mass is 10.1. The van der Waals surface area contributed by atoms with Gasteiger partial charge in [-0.25, -0.2) is 4.79 Å². The molecule has 1 aliphatic rings. The van der Waals surface area contributed by atoms with Crippen molar-refractivity contribution in [3.8, 4) is 0 Å². The van der Waals surface area contributed by atoms with Gasteiger partial charge in [0, 0.05) is 10.2 Å². The fourth-order valence-corrected chi connectivity index (χ4v) is 4.27. The van der Waals surface area contributed by atoms with E-state index in [2.05, 4.69) is 15.9 Å². The molecular formula is C14H17BrO2S. The Labute approximate surface area is 120 Å². The predicted octanol–water partition coefficient (Wildman–Crippen LogP) is 4.57. The van der Waals surface area contributed by atoms with Gasteiger partial charge >= 0.3 is 5.97 Å². The van der Waals surface area contributed by atoms with Gasteiger partial charge in [-0.1, -0.05) is 34.8 Å². The standard InChI is InChI=1S/C14H17BrO2S/c15-13-7-11(14(16)17)5-6-12(13)9-18-8-10-3-1-2-4-10/h5-7,10H,1-4,8-9H2,(H,16,17). The number of hydrogen-bond acceptors (Lipinski definition) is 2. The molecule has 0 heterocycles. The van der Waals surface area contributed by atoms with Crippen LogP contribution in [0.5, 0.6) is 0 Å². The minimum atomic E-state index is -0.874. The van der Waals surface area contributed by atoms with E-state index in [0.717, 1.165) is 16.1 Å². The number of rotatable bonds is 5. The fraction of sp³-hybridized carbons (Fsp3) is 0.500. The Morgan fingerprint density at radius 1 is 1.39 bits per heavy atom. The summed E-state index contributed by atoms with van der Waals surface area (Å²) in [7, 11) is 0. The van der Waals surface area contributed by atoms with Crippen LogP contribution < -0.4 is 0 Å². The molecule has 18 heavy (non-hydrogen) atoms. The quantitative estimate of drug-likeness (QED) is 0.860. The lowest BCUT2D eigenvalue weighted by Crippen LogP contribution is -1.99. The van der Waals surface area contributed by atoms with Crippen LogP contribution in [0.15, 0.2) is 22.7 Å². The molecule has 1 aliphatic carbocycles. The Bertz CT molecular complexity index is 428. The van der Waals surface area contributed by atoms with Crippen molar-refractivity contribution >= 4 is 33.7 Å². The SMILES string of the molecule is O=C(O)c1ccc(CSCC2CCCC2)c(Br)c1. The highest BCUT2D eigenvalue weighted by Gasteiger charge is 2.15. The van der Waals surface area contributed by atoms with E-state index in [9.17, 15) is 4.79 Å². The van der Waals surface area contributed by atoms with Gasteiger partial charge in [0.25, 0.3) is 0 Å². The summed E-state index contributed by atoms with van der Waals surface area (Å²) in [6.45, 7) is 0. The van der Waals surface area contributed by atoms with Crippen LogP contribution in [0.3, 0.4) is 0 Å². The summed E-state index contributed by atoms with van der Waals surface area (Å²) in [5, 5.41) is 8.89. The number of benzene rings is 1. The largest absolute Gasteiger partial charge is 0.478 e. The van der Waals surface area contributed by atoms with Crippen molar-refractivity contribution < 1.29 is 9.90 Å². The molecule has 0 bridgehead atoms. The van der Waals surface area contributed by atoms with Crippen LogP contribution in [-0.4, -0.2) is 16.8 Å². The molecule has 2 nitrogen and oxygen atoms in total. The lowest BCUT2D eigenvalue weighted by Gasteiger charge is -2.09. The molecule has 1 aromatic carbocycles. The third-order valence-electron chi connectivity index (χ3n) is 3.39. The van der Waals surface area contributed by atoms with E-state index >= 15 is 0 Å². The van der Waals surface area contributed by atoms with Crippen LogP contribution in [0, 0.1) is 5.92 Å². The summed E-state index contributed by atoms with van der Waals surface area (Å²) >= 11 is 5.41. The van der Waals surface area contributed by atoms with Gasteiger partial charge in [0.2, 0.25) is 0 Å². The van der Waals surface area contributed by atoms with Gasteiger partial charge in [-0.2, -0.15) is 11.8 Å². The van der Waals surface area contributed by atoms with Crippen molar-refractivity contribution in [3.63, 3.8) is 0 Å². The summed E-state index contributed by atoms with van der Waals surface area (Å²) in [4.78, 5) is 10.8. The topological polar surface area (TPSA) is 37.3 Å². The highest BCUT2D eigenvalue weighted by molar-refractivity contribution is 9.10. The summed E-state index contributed by atoms with van der Waals surface area (Å²) in [6, 6.07) is 5.28. The van der Waals surface area contributed by atoms with Crippen LogP contribution >= 0.6 is 27.7 Å². The first-order valence-electron chi connectivity index (χ1n) is 6.26. The maximum Gasteiger partial charge on any atom is 0.335 e. The summed E-state index contributed by atoms with van der Waals surface area (Å²) in [6.07, 6.45) is 5.54. The minimum absolute atomic E-state index is 0.339. The Morgan fingerprint density at radius 3 is 2.72 bits per heavy atom. The Balaban J connectivity index is 1.87. The molecule has 0 aliphatic heterocycles. The van der Waals surface area contributed by atoms with Crippen molar-refractivity contribution in [2.75, 3.05) is 5.75 Å². The Kier molecular flexibility index (Phi) is 5.13. The van der Waals surface area contributed by atoms with E-state index in [1.807, 2.05) is 17.8 Å². The number of carboxylic acid groups (broad SMARTS) is 1. The van der Waals surface area contributed by atoms with Gasteiger partial charge in [0.05, 0.1) is 5.56 Å². The molecule has 0 aromatic heterocycles. The first-order valence-corrected chi connectivity index (χ1v) is 8.21. The van der Waals surface area contributed by atoms with Crippen molar-refractivity contribution in [1.29, 1.82) is 0 Å². The van der Waals surface area contributed by atoms with Crippen LogP contribution in [0.1, 0.15) is 41.6 Å². The normalized spacial score (nSPS) is 16.1. The third kappa shape index (κ3) is 3.75. The van der Waals surface area contributed by atoms with Crippen molar-refractivity contribution in [2.45, 2.75) is 31.4 Å². The number of aromatic carboxylic acids is 1. The zero-order chi connectivity index (χ0) is 13.0. The highest BCUT2D eigenvalue weighted by atomic mass is 79.9. The molecule has 0 atom stereocenters.